The summed E-state index contributed by atoms with van der Waals surface area (Å²) in [5.41, 5.74) is 2.49. The number of rotatable bonds is 11. The fourth-order valence-corrected chi connectivity index (χ4v) is 3.96. The number of aryl methyl sites for hydroxylation is 2. The largest absolute Gasteiger partial charge is 0.477 e. The fourth-order valence-electron chi connectivity index (χ4n) is 3.18. The first-order chi connectivity index (χ1) is 13.3. The first kappa shape index (κ1) is 22.4. The van der Waals surface area contributed by atoms with Crippen LogP contribution in [0, 0.1) is 6.92 Å². The van der Waals surface area contributed by atoms with Crippen molar-refractivity contribution in [1.29, 1.82) is 0 Å². The molecule has 0 bridgehead atoms. The SMILES string of the molecule is Cc1nc(-c2cccc(CCCCCCCCCC(F)(F)F)c2)c(C(=O)O)s1. The minimum Gasteiger partial charge on any atom is -0.477 e. The van der Waals surface area contributed by atoms with Crippen LogP contribution in [0.4, 0.5) is 13.2 Å². The summed E-state index contributed by atoms with van der Waals surface area (Å²) in [6.07, 6.45) is 1.96. The Morgan fingerprint density at radius 3 is 2.36 bits per heavy atom. The number of unbranched alkanes of at least 4 members (excludes halogenated alkanes) is 6. The Bertz CT molecular complexity index is 771. The zero-order valence-electron chi connectivity index (χ0n) is 16.0. The molecule has 0 saturated carbocycles. The van der Waals surface area contributed by atoms with Crippen LogP contribution in [0.1, 0.15) is 71.6 Å². The number of carboxylic acid groups (broad SMARTS) is 1. The van der Waals surface area contributed by atoms with Gasteiger partial charge in [0, 0.05) is 12.0 Å². The van der Waals surface area contributed by atoms with Gasteiger partial charge in [-0.1, -0.05) is 50.3 Å². The number of aromatic carboxylic acids is 1. The predicted molar refractivity (Wildman–Crippen MR) is 106 cm³/mol. The summed E-state index contributed by atoms with van der Waals surface area (Å²) in [6.45, 7) is 1.80. The molecule has 0 aliphatic rings. The molecule has 0 amide bonds. The van der Waals surface area contributed by atoms with Crippen LogP contribution in [0.15, 0.2) is 24.3 Å². The van der Waals surface area contributed by atoms with Crippen molar-refractivity contribution in [2.24, 2.45) is 0 Å². The van der Waals surface area contributed by atoms with Crippen LogP contribution in [0.3, 0.4) is 0 Å². The average Bonchev–Trinajstić information content (AvgIpc) is 3.02. The molecule has 2 aromatic rings. The predicted octanol–water partition coefficient (Wildman–Crippen LogP) is 7.04. The van der Waals surface area contributed by atoms with E-state index < -0.39 is 18.6 Å². The molecule has 0 atom stereocenters. The molecule has 2 rings (SSSR count). The van der Waals surface area contributed by atoms with E-state index in [1.807, 2.05) is 24.3 Å². The maximum Gasteiger partial charge on any atom is 0.389 e. The van der Waals surface area contributed by atoms with Crippen molar-refractivity contribution in [1.82, 2.24) is 4.98 Å². The minimum atomic E-state index is -4.03. The number of thiazole rings is 1. The molecule has 7 heteroatoms. The third-order valence-electron chi connectivity index (χ3n) is 4.55. The Morgan fingerprint density at radius 1 is 1.07 bits per heavy atom. The van der Waals surface area contributed by atoms with E-state index in [2.05, 4.69) is 4.98 Å². The fraction of sp³-hybridized carbons (Fsp3) is 0.524. The first-order valence-corrected chi connectivity index (χ1v) is 10.4. The molecule has 1 heterocycles. The van der Waals surface area contributed by atoms with Gasteiger partial charge in [0.2, 0.25) is 0 Å². The second-order valence-electron chi connectivity index (χ2n) is 7.01. The molecule has 154 valence electrons. The van der Waals surface area contributed by atoms with E-state index >= 15 is 0 Å². The standard InChI is InChI=1S/C21H26F3NO2S/c1-15-25-18(19(28-15)20(26)27)17-12-9-11-16(14-17)10-7-5-3-2-4-6-8-13-21(22,23)24/h9,11-12,14H,2-8,10,13H2,1H3,(H,26,27). The number of carboxylic acids is 1. The molecule has 0 radical (unpaired) electrons. The quantitative estimate of drug-likeness (QED) is 0.402. The highest BCUT2D eigenvalue weighted by Gasteiger charge is 2.25. The highest BCUT2D eigenvalue weighted by molar-refractivity contribution is 7.14. The Kier molecular flexibility index (Phi) is 8.48. The van der Waals surface area contributed by atoms with Gasteiger partial charge < -0.3 is 5.11 Å². The summed E-state index contributed by atoms with van der Waals surface area (Å²) >= 11 is 1.18. The van der Waals surface area contributed by atoms with Crippen molar-refractivity contribution >= 4 is 17.3 Å². The van der Waals surface area contributed by atoms with E-state index in [9.17, 15) is 23.1 Å². The number of aromatic nitrogens is 1. The monoisotopic (exact) mass is 413 g/mol. The third-order valence-corrected chi connectivity index (χ3v) is 5.51. The Morgan fingerprint density at radius 2 is 1.71 bits per heavy atom. The molecule has 1 aromatic heterocycles. The molecular weight excluding hydrogens is 387 g/mol. The summed E-state index contributed by atoms with van der Waals surface area (Å²) in [4.78, 5) is 16.0. The molecule has 0 fully saturated rings. The molecule has 0 aliphatic carbocycles. The number of benzene rings is 1. The summed E-state index contributed by atoms with van der Waals surface area (Å²) < 4.78 is 36.2. The second-order valence-corrected chi connectivity index (χ2v) is 8.21. The van der Waals surface area contributed by atoms with Crippen molar-refractivity contribution < 1.29 is 23.1 Å². The van der Waals surface area contributed by atoms with E-state index in [-0.39, 0.29) is 11.3 Å². The van der Waals surface area contributed by atoms with Crippen molar-refractivity contribution in [3.05, 3.63) is 39.7 Å². The highest BCUT2D eigenvalue weighted by Crippen LogP contribution is 2.29. The van der Waals surface area contributed by atoms with Crippen molar-refractivity contribution in [2.45, 2.75) is 70.9 Å². The third kappa shape index (κ3) is 7.62. The topological polar surface area (TPSA) is 50.2 Å². The molecular formula is C21H26F3NO2S. The average molecular weight is 414 g/mol. The van der Waals surface area contributed by atoms with Gasteiger partial charge in [0.15, 0.2) is 0 Å². The number of hydrogen-bond acceptors (Lipinski definition) is 3. The second kappa shape index (κ2) is 10.6. The number of hydrogen-bond donors (Lipinski definition) is 1. The molecule has 0 unspecified atom stereocenters. The van der Waals surface area contributed by atoms with E-state index in [1.54, 1.807) is 6.92 Å². The maximum atomic E-state index is 12.1. The number of alkyl halides is 3. The maximum absolute atomic E-state index is 12.1. The summed E-state index contributed by atoms with van der Waals surface area (Å²) in [5.74, 6) is -0.957. The number of nitrogens with zero attached hydrogens (tertiary/aromatic N) is 1. The Hall–Kier alpha value is -1.89. The normalized spacial score (nSPS) is 11.7. The van der Waals surface area contributed by atoms with Crippen LogP contribution >= 0.6 is 11.3 Å². The van der Waals surface area contributed by atoms with Crippen molar-refractivity contribution in [3.8, 4) is 11.3 Å². The van der Waals surface area contributed by atoms with Gasteiger partial charge in [-0.05, 0) is 37.8 Å². The van der Waals surface area contributed by atoms with E-state index in [0.29, 0.717) is 12.1 Å². The van der Waals surface area contributed by atoms with Gasteiger partial charge >= 0.3 is 12.1 Å². The molecule has 1 aromatic carbocycles. The summed E-state index contributed by atoms with van der Waals surface area (Å²) in [7, 11) is 0. The Balaban J connectivity index is 1.73. The van der Waals surface area contributed by atoms with Gasteiger partial charge in [-0.3, -0.25) is 0 Å². The zero-order valence-corrected chi connectivity index (χ0v) is 16.8. The molecule has 0 spiro atoms. The molecule has 0 saturated heterocycles. The van der Waals surface area contributed by atoms with Crippen LogP contribution in [0.25, 0.3) is 11.3 Å². The van der Waals surface area contributed by atoms with Crippen LogP contribution in [0.2, 0.25) is 0 Å². The van der Waals surface area contributed by atoms with Gasteiger partial charge in [0.1, 0.15) is 4.88 Å². The molecule has 1 N–H and O–H groups in total. The first-order valence-electron chi connectivity index (χ1n) is 9.63. The number of halogens is 3. The lowest BCUT2D eigenvalue weighted by atomic mass is 10.0. The summed E-state index contributed by atoms with van der Waals surface area (Å²) in [5, 5.41) is 10.1. The zero-order chi connectivity index (χ0) is 20.6. The van der Waals surface area contributed by atoms with Gasteiger partial charge in [-0.15, -0.1) is 11.3 Å². The molecule has 28 heavy (non-hydrogen) atoms. The lowest BCUT2D eigenvalue weighted by molar-refractivity contribution is -0.135. The van der Waals surface area contributed by atoms with E-state index in [0.717, 1.165) is 54.7 Å². The van der Waals surface area contributed by atoms with Crippen LogP contribution in [0.5, 0.6) is 0 Å². The van der Waals surface area contributed by atoms with Crippen LogP contribution in [-0.2, 0) is 6.42 Å². The van der Waals surface area contributed by atoms with Gasteiger partial charge in [-0.25, -0.2) is 9.78 Å². The molecule has 0 aliphatic heterocycles. The van der Waals surface area contributed by atoms with E-state index in [1.165, 1.54) is 11.3 Å². The molecule has 3 nitrogen and oxygen atoms in total. The van der Waals surface area contributed by atoms with Crippen LogP contribution in [-0.4, -0.2) is 22.2 Å². The lowest BCUT2D eigenvalue weighted by Crippen LogP contribution is -2.06. The van der Waals surface area contributed by atoms with Crippen LogP contribution < -0.4 is 0 Å². The van der Waals surface area contributed by atoms with Gasteiger partial charge in [0.05, 0.1) is 10.7 Å². The highest BCUT2D eigenvalue weighted by atomic mass is 32.1. The summed E-state index contributed by atoms with van der Waals surface area (Å²) in [6, 6.07) is 7.83. The van der Waals surface area contributed by atoms with Gasteiger partial charge in [0.25, 0.3) is 0 Å². The lowest BCUT2D eigenvalue weighted by Gasteiger charge is -2.06. The Labute approximate surface area is 167 Å². The van der Waals surface area contributed by atoms with Crippen molar-refractivity contribution in [2.75, 3.05) is 0 Å². The van der Waals surface area contributed by atoms with Crippen molar-refractivity contribution in [3.63, 3.8) is 0 Å². The number of carbonyl (C=O) groups is 1. The minimum absolute atomic E-state index is 0.227. The van der Waals surface area contributed by atoms with E-state index in [4.69, 9.17) is 0 Å². The van der Waals surface area contributed by atoms with Gasteiger partial charge in [-0.2, -0.15) is 13.2 Å². The smallest absolute Gasteiger partial charge is 0.389 e.